The number of hydrogen-bond acceptors (Lipinski definition) is 4. The Kier molecular flexibility index (Phi) is 4.85. The van der Waals surface area contributed by atoms with Crippen LogP contribution >= 0.6 is 15.9 Å². The van der Waals surface area contributed by atoms with Gasteiger partial charge in [-0.25, -0.2) is 14.1 Å². The zero-order valence-corrected chi connectivity index (χ0v) is 15.2. The molecule has 0 amide bonds. The van der Waals surface area contributed by atoms with Gasteiger partial charge in [-0.05, 0) is 41.1 Å². The van der Waals surface area contributed by atoms with Gasteiger partial charge in [0.05, 0.1) is 6.54 Å². The Balaban J connectivity index is 2.16. The van der Waals surface area contributed by atoms with E-state index in [1.165, 1.54) is 30.7 Å². The van der Waals surface area contributed by atoms with Crippen LogP contribution in [-0.2, 0) is 18.1 Å². The van der Waals surface area contributed by atoms with Crippen molar-refractivity contribution in [2.45, 2.75) is 25.0 Å². The molecule has 1 N–H and O–H groups in total. The SMILES string of the molecule is Cc1ncn(CC(O)(c2ccccc2F)C(F)(F)c2ccc(Br)cn2)n1. The molecule has 3 aromatic rings. The quantitative estimate of drug-likeness (QED) is 0.677. The Morgan fingerprint density at radius 2 is 1.88 bits per heavy atom. The zero-order valence-electron chi connectivity index (χ0n) is 13.6. The summed E-state index contributed by atoms with van der Waals surface area (Å²) in [7, 11) is 0. The Morgan fingerprint density at radius 3 is 2.46 bits per heavy atom. The molecular formula is C17H14BrF3N4O. The number of hydrogen-bond donors (Lipinski definition) is 1. The molecule has 0 radical (unpaired) electrons. The van der Waals surface area contributed by atoms with Gasteiger partial charge >= 0.3 is 5.92 Å². The van der Waals surface area contributed by atoms with Crippen molar-refractivity contribution >= 4 is 15.9 Å². The number of rotatable bonds is 5. The lowest BCUT2D eigenvalue weighted by atomic mass is 9.84. The minimum Gasteiger partial charge on any atom is -0.377 e. The molecule has 3 rings (SSSR count). The fraction of sp³-hybridized carbons (Fsp3) is 0.235. The highest BCUT2D eigenvalue weighted by Crippen LogP contribution is 2.46. The monoisotopic (exact) mass is 426 g/mol. The summed E-state index contributed by atoms with van der Waals surface area (Å²) < 4.78 is 46.6. The van der Waals surface area contributed by atoms with E-state index in [9.17, 15) is 9.50 Å². The van der Waals surface area contributed by atoms with Crippen LogP contribution in [0.15, 0.2) is 53.4 Å². The van der Waals surface area contributed by atoms with Gasteiger partial charge in [-0.15, -0.1) is 0 Å². The number of aliphatic hydroxyl groups is 1. The summed E-state index contributed by atoms with van der Waals surface area (Å²) in [6.07, 6.45) is 2.39. The second kappa shape index (κ2) is 6.81. The van der Waals surface area contributed by atoms with E-state index in [0.29, 0.717) is 10.3 Å². The summed E-state index contributed by atoms with van der Waals surface area (Å²) in [4.78, 5) is 7.56. The summed E-state index contributed by atoms with van der Waals surface area (Å²) >= 11 is 3.12. The van der Waals surface area contributed by atoms with E-state index in [0.717, 1.165) is 22.9 Å². The van der Waals surface area contributed by atoms with E-state index in [2.05, 4.69) is 31.0 Å². The van der Waals surface area contributed by atoms with Crippen LogP contribution in [0.25, 0.3) is 0 Å². The van der Waals surface area contributed by atoms with Crippen molar-refractivity contribution < 1.29 is 18.3 Å². The van der Waals surface area contributed by atoms with Crippen molar-refractivity contribution in [2.24, 2.45) is 0 Å². The average Bonchev–Trinajstić information content (AvgIpc) is 3.00. The van der Waals surface area contributed by atoms with Gasteiger partial charge < -0.3 is 5.11 Å². The summed E-state index contributed by atoms with van der Waals surface area (Å²) in [5.74, 6) is -4.52. The first-order chi connectivity index (χ1) is 12.2. The van der Waals surface area contributed by atoms with Crippen molar-refractivity contribution in [3.63, 3.8) is 0 Å². The molecule has 1 atom stereocenters. The maximum absolute atomic E-state index is 15.3. The van der Waals surface area contributed by atoms with Crippen molar-refractivity contribution in [2.75, 3.05) is 0 Å². The number of pyridine rings is 1. The van der Waals surface area contributed by atoms with Crippen molar-refractivity contribution in [3.05, 3.63) is 76.3 Å². The topological polar surface area (TPSA) is 63.8 Å². The third-order valence-electron chi connectivity index (χ3n) is 3.93. The zero-order chi connectivity index (χ0) is 18.9. The summed E-state index contributed by atoms with van der Waals surface area (Å²) in [5, 5.41) is 15.0. The number of halogens is 4. The highest BCUT2D eigenvalue weighted by molar-refractivity contribution is 9.10. The molecule has 0 aliphatic carbocycles. The van der Waals surface area contributed by atoms with E-state index >= 15 is 8.78 Å². The van der Waals surface area contributed by atoms with Crippen LogP contribution in [0.5, 0.6) is 0 Å². The smallest absolute Gasteiger partial charge is 0.323 e. The van der Waals surface area contributed by atoms with E-state index in [1.807, 2.05) is 0 Å². The predicted octanol–water partition coefficient (Wildman–Crippen LogP) is 3.56. The lowest BCUT2D eigenvalue weighted by Gasteiger charge is -2.35. The Morgan fingerprint density at radius 1 is 1.15 bits per heavy atom. The van der Waals surface area contributed by atoms with Gasteiger partial charge in [0.1, 0.15) is 23.7 Å². The lowest BCUT2D eigenvalue weighted by Crippen LogP contribution is -2.48. The minimum absolute atomic E-state index is 0.339. The fourth-order valence-corrected chi connectivity index (χ4v) is 2.86. The molecule has 5 nitrogen and oxygen atoms in total. The van der Waals surface area contributed by atoms with Gasteiger partial charge in [0.25, 0.3) is 0 Å². The van der Waals surface area contributed by atoms with Crippen LogP contribution in [0.3, 0.4) is 0 Å². The standard InChI is InChI=1S/C17H14BrF3N4O/c1-11-23-10-25(24-11)9-16(26,13-4-2-3-5-14(13)19)17(20,21)15-7-6-12(18)8-22-15/h2-8,10,26H,9H2,1H3. The van der Waals surface area contributed by atoms with Crippen LogP contribution in [0.1, 0.15) is 17.1 Å². The van der Waals surface area contributed by atoms with E-state index in [1.54, 1.807) is 6.92 Å². The van der Waals surface area contributed by atoms with Gasteiger partial charge in [0, 0.05) is 16.2 Å². The first-order valence-electron chi connectivity index (χ1n) is 7.57. The molecule has 136 valence electrons. The summed E-state index contributed by atoms with van der Waals surface area (Å²) in [5.41, 5.74) is -4.18. The van der Waals surface area contributed by atoms with Crippen molar-refractivity contribution in [3.8, 4) is 0 Å². The molecular weight excluding hydrogens is 413 g/mol. The maximum atomic E-state index is 15.3. The lowest BCUT2D eigenvalue weighted by molar-refractivity contribution is -0.207. The van der Waals surface area contributed by atoms with Gasteiger partial charge in [0.15, 0.2) is 5.60 Å². The molecule has 1 unspecified atom stereocenters. The number of alkyl halides is 2. The molecule has 2 heterocycles. The second-order valence-corrected chi connectivity index (χ2v) is 6.68. The van der Waals surface area contributed by atoms with Gasteiger partial charge in [-0.1, -0.05) is 18.2 Å². The molecule has 0 bridgehead atoms. The third kappa shape index (κ3) is 3.24. The molecule has 0 aliphatic heterocycles. The molecule has 0 saturated carbocycles. The number of aromatic nitrogens is 4. The van der Waals surface area contributed by atoms with E-state index in [4.69, 9.17) is 0 Å². The average molecular weight is 427 g/mol. The third-order valence-corrected chi connectivity index (χ3v) is 4.40. The largest absolute Gasteiger partial charge is 0.377 e. The maximum Gasteiger partial charge on any atom is 0.323 e. The second-order valence-electron chi connectivity index (χ2n) is 5.77. The fourth-order valence-electron chi connectivity index (χ4n) is 2.62. The van der Waals surface area contributed by atoms with E-state index < -0.39 is 35.1 Å². The van der Waals surface area contributed by atoms with Crippen LogP contribution in [-0.4, -0.2) is 24.9 Å². The van der Waals surface area contributed by atoms with Gasteiger partial charge in [0.2, 0.25) is 0 Å². The Bertz CT molecular complexity index is 916. The van der Waals surface area contributed by atoms with Crippen LogP contribution in [0, 0.1) is 12.7 Å². The van der Waals surface area contributed by atoms with Gasteiger partial charge in [-0.2, -0.15) is 13.9 Å². The molecule has 1 aromatic carbocycles. The van der Waals surface area contributed by atoms with E-state index in [-0.39, 0.29) is 0 Å². The Labute approximate surface area is 155 Å². The van der Waals surface area contributed by atoms with Crippen molar-refractivity contribution in [1.29, 1.82) is 0 Å². The van der Waals surface area contributed by atoms with Gasteiger partial charge in [-0.3, -0.25) is 4.98 Å². The molecule has 0 spiro atoms. The molecule has 0 fully saturated rings. The normalized spacial score (nSPS) is 14.2. The highest BCUT2D eigenvalue weighted by Gasteiger charge is 2.57. The summed E-state index contributed by atoms with van der Waals surface area (Å²) in [6, 6.07) is 7.31. The number of nitrogens with zero attached hydrogens (tertiary/aromatic N) is 4. The van der Waals surface area contributed by atoms with Crippen LogP contribution in [0.2, 0.25) is 0 Å². The van der Waals surface area contributed by atoms with Crippen molar-refractivity contribution in [1.82, 2.24) is 19.7 Å². The Hall–Kier alpha value is -2.26. The summed E-state index contributed by atoms with van der Waals surface area (Å²) in [6.45, 7) is 0.868. The first-order valence-corrected chi connectivity index (χ1v) is 8.36. The highest BCUT2D eigenvalue weighted by atomic mass is 79.9. The van der Waals surface area contributed by atoms with Crippen LogP contribution in [0.4, 0.5) is 13.2 Å². The molecule has 0 saturated heterocycles. The minimum atomic E-state index is -3.91. The number of benzene rings is 1. The van der Waals surface area contributed by atoms with Crippen LogP contribution < -0.4 is 0 Å². The molecule has 9 heteroatoms. The molecule has 0 aliphatic rings. The first kappa shape index (κ1) is 18.5. The number of aryl methyl sites for hydroxylation is 1. The molecule has 2 aromatic heterocycles. The molecule has 26 heavy (non-hydrogen) atoms. The predicted molar refractivity (Wildman–Crippen MR) is 90.9 cm³/mol.